The molecule has 1 amide bonds. The Balaban J connectivity index is 1.90. The molecule has 3 rings (SSSR count). The third-order valence-electron chi connectivity index (χ3n) is 2.91. The fourth-order valence-corrected chi connectivity index (χ4v) is 1.87. The summed E-state index contributed by atoms with van der Waals surface area (Å²) in [4.78, 5) is 12.1. The van der Waals surface area contributed by atoms with E-state index in [9.17, 15) is 4.79 Å². The van der Waals surface area contributed by atoms with Gasteiger partial charge >= 0.3 is 0 Å². The van der Waals surface area contributed by atoms with Crippen LogP contribution in [-0.4, -0.2) is 21.3 Å². The number of hydrogen-bond donors (Lipinski definition) is 2. The lowest BCUT2D eigenvalue weighted by molar-refractivity contribution is 0.102. The highest BCUT2D eigenvalue weighted by molar-refractivity contribution is 6.07. The van der Waals surface area contributed by atoms with E-state index in [-0.39, 0.29) is 5.91 Å². The number of aromatic amines is 1. The number of H-pyrrole nitrogens is 1. The van der Waals surface area contributed by atoms with Crippen molar-refractivity contribution in [2.75, 3.05) is 5.32 Å². The van der Waals surface area contributed by atoms with E-state index < -0.39 is 0 Å². The molecule has 0 aliphatic heterocycles. The van der Waals surface area contributed by atoms with Crippen molar-refractivity contribution in [1.29, 1.82) is 0 Å². The first-order valence-corrected chi connectivity index (χ1v) is 5.91. The van der Waals surface area contributed by atoms with Crippen molar-refractivity contribution in [2.45, 2.75) is 6.92 Å². The highest BCUT2D eigenvalue weighted by atomic mass is 16.1. The Morgan fingerprint density at radius 3 is 2.68 bits per heavy atom. The fraction of sp³-hybridized carbons (Fsp3) is 0.0714. The van der Waals surface area contributed by atoms with E-state index in [1.165, 1.54) is 0 Å². The molecular weight excluding hydrogens is 240 g/mol. The topological polar surface area (TPSA) is 70.7 Å². The summed E-state index contributed by atoms with van der Waals surface area (Å²) in [6, 6.07) is 12.9. The summed E-state index contributed by atoms with van der Waals surface area (Å²) < 4.78 is 0. The molecule has 1 aromatic heterocycles. The molecule has 5 nitrogen and oxygen atoms in total. The van der Waals surface area contributed by atoms with E-state index in [0.717, 1.165) is 11.1 Å². The molecule has 2 N–H and O–H groups in total. The second kappa shape index (κ2) is 4.53. The van der Waals surface area contributed by atoms with Crippen molar-refractivity contribution >= 4 is 22.6 Å². The molecule has 1 heterocycles. The second-order valence-corrected chi connectivity index (χ2v) is 4.32. The average molecular weight is 252 g/mol. The smallest absolute Gasteiger partial charge is 0.255 e. The fourth-order valence-electron chi connectivity index (χ4n) is 1.87. The number of aryl methyl sites for hydroxylation is 1. The van der Waals surface area contributed by atoms with Gasteiger partial charge in [0, 0.05) is 5.56 Å². The van der Waals surface area contributed by atoms with Gasteiger partial charge in [0.05, 0.1) is 5.69 Å². The minimum Gasteiger partial charge on any atom is -0.320 e. The number of amides is 1. The lowest BCUT2D eigenvalue weighted by Crippen LogP contribution is -2.12. The summed E-state index contributed by atoms with van der Waals surface area (Å²) in [6.45, 7) is 1.98. The Bertz CT molecular complexity index is 731. The average Bonchev–Trinajstić information content (AvgIpc) is 2.89. The van der Waals surface area contributed by atoms with E-state index in [1.54, 1.807) is 18.2 Å². The van der Waals surface area contributed by atoms with Crippen LogP contribution in [0.25, 0.3) is 11.0 Å². The van der Waals surface area contributed by atoms with Gasteiger partial charge in [-0.25, -0.2) is 0 Å². The van der Waals surface area contributed by atoms with Gasteiger partial charge in [-0.05, 0) is 31.2 Å². The Hall–Kier alpha value is -2.69. The maximum atomic E-state index is 12.1. The third kappa shape index (κ3) is 2.18. The molecule has 0 spiro atoms. The molecule has 0 saturated heterocycles. The molecule has 5 heteroatoms. The Labute approximate surface area is 109 Å². The van der Waals surface area contributed by atoms with Gasteiger partial charge in [-0.3, -0.25) is 4.79 Å². The number of nitrogens with zero attached hydrogens (tertiary/aromatic N) is 2. The number of fused-ring (bicyclic) bond motifs is 1. The zero-order valence-electron chi connectivity index (χ0n) is 10.3. The van der Waals surface area contributed by atoms with Crippen LogP contribution in [0.3, 0.4) is 0 Å². The number of rotatable bonds is 2. The monoisotopic (exact) mass is 252 g/mol. The summed E-state index contributed by atoms with van der Waals surface area (Å²) in [7, 11) is 0. The van der Waals surface area contributed by atoms with Crippen LogP contribution in [0.4, 0.5) is 5.69 Å². The highest BCUT2D eigenvalue weighted by Crippen LogP contribution is 2.19. The van der Waals surface area contributed by atoms with Crippen molar-refractivity contribution < 1.29 is 4.79 Å². The molecule has 19 heavy (non-hydrogen) atoms. The Morgan fingerprint density at radius 2 is 1.89 bits per heavy atom. The highest BCUT2D eigenvalue weighted by Gasteiger charge is 2.09. The van der Waals surface area contributed by atoms with Gasteiger partial charge in [0.2, 0.25) is 0 Å². The van der Waals surface area contributed by atoms with Gasteiger partial charge in [0.15, 0.2) is 0 Å². The molecule has 0 radical (unpaired) electrons. The number of para-hydroxylation sites is 1. The lowest BCUT2D eigenvalue weighted by Gasteiger charge is -2.05. The molecule has 0 saturated carbocycles. The van der Waals surface area contributed by atoms with Crippen molar-refractivity contribution in [3.8, 4) is 0 Å². The van der Waals surface area contributed by atoms with Gasteiger partial charge in [0.1, 0.15) is 11.0 Å². The number of carbonyl (C=O) groups is 1. The minimum absolute atomic E-state index is 0.157. The number of carbonyl (C=O) groups excluding carboxylic acids is 1. The number of benzene rings is 2. The number of hydrogen-bond acceptors (Lipinski definition) is 3. The minimum atomic E-state index is -0.157. The standard InChI is InChI=1S/C14H12N4O/c1-9-5-7-10(8-6-9)14(19)15-11-3-2-4-12-13(11)17-18-16-12/h2-8H,1H3,(H,15,19)(H,16,17,18). The molecule has 0 atom stereocenters. The van der Waals surface area contributed by atoms with E-state index in [2.05, 4.69) is 20.7 Å². The zero-order valence-corrected chi connectivity index (χ0v) is 10.3. The summed E-state index contributed by atoms with van der Waals surface area (Å²) in [5.41, 5.74) is 3.77. The molecule has 0 bridgehead atoms. The van der Waals surface area contributed by atoms with E-state index in [0.29, 0.717) is 16.8 Å². The second-order valence-electron chi connectivity index (χ2n) is 4.32. The first kappa shape index (κ1) is 11.4. The van der Waals surface area contributed by atoms with Crippen molar-refractivity contribution in [2.24, 2.45) is 0 Å². The molecule has 3 aromatic rings. The number of nitrogens with one attached hydrogen (secondary N) is 2. The zero-order chi connectivity index (χ0) is 13.2. The predicted molar refractivity (Wildman–Crippen MR) is 73.0 cm³/mol. The Morgan fingerprint density at radius 1 is 1.11 bits per heavy atom. The molecular formula is C14H12N4O. The van der Waals surface area contributed by atoms with Gasteiger partial charge in [-0.2, -0.15) is 15.4 Å². The molecule has 0 aliphatic rings. The normalized spacial score (nSPS) is 10.6. The van der Waals surface area contributed by atoms with Crippen LogP contribution in [0.15, 0.2) is 42.5 Å². The van der Waals surface area contributed by atoms with Gasteiger partial charge in [0.25, 0.3) is 5.91 Å². The molecule has 0 fully saturated rings. The lowest BCUT2D eigenvalue weighted by atomic mass is 10.1. The van der Waals surface area contributed by atoms with Gasteiger partial charge in [-0.1, -0.05) is 23.8 Å². The summed E-state index contributed by atoms with van der Waals surface area (Å²) in [5, 5.41) is 13.4. The molecule has 94 valence electrons. The molecule has 2 aromatic carbocycles. The third-order valence-corrected chi connectivity index (χ3v) is 2.91. The Kier molecular flexibility index (Phi) is 2.72. The van der Waals surface area contributed by atoms with Gasteiger partial charge < -0.3 is 5.32 Å². The summed E-state index contributed by atoms with van der Waals surface area (Å²) in [6.07, 6.45) is 0. The SMILES string of the molecule is Cc1ccc(C(=O)Nc2cccc3n[nH]nc23)cc1. The largest absolute Gasteiger partial charge is 0.320 e. The first-order chi connectivity index (χ1) is 9.24. The van der Waals surface area contributed by atoms with E-state index in [1.807, 2.05) is 31.2 Å². The first-order valence-electron chi connectivity index (χ1n) is 5.91. The van der Waals surface area contributed by atoms with Crippen LogP contribution >= 0.6 is 0 Å². The quantitative estimate of drug-likeness (QED) is 0.736. The summed E-state index contributed by atoms with van der Waals surface area (Å²) >= 11 is 0. The van der Waals surface area contributed by atoms with Gasteiger partial charge in [-0.15, -0.1) is 0 Å². The number of anilines is 1. The maximum Gasteiger partial charge on any atom is 0.255 e. The van der Waals surface area contributed by atoms with Crippen molar-refractivity contribution in [1.82, 2.24) is 15.4 Å². The van der Waals surface area contributed by atoms with Crippen molar-refractivity contribution in [3.63, 3.8) is 0 Å². The van der Waals surface area contributed by atoms with Crippen LogP contribution in [0.2, 0.25) is 0 Å². The number of aromatic nitrogens is 3. The van der Waals surface area contributed by atoms with Crippen LogP contribution in [0, 0.1) is 6.92 Å². The maximum absolute atomic E-state index is 12.1. The molecule has 0 unspecified atom stereocenters. The van der Waals surface area contributed by atoms with E-state index in [4.69, 9.17) is 0 Å². The van der Waals surface area contributed by atoms with E-state index >= 15 is 0 Å². The van der Waals surface area contributed by atoms with Crippen LogP contribution < -0.4 is 5.32 Å². The molecule has 0 aliphatic carbocycles. The van der Waals surface area contributed by atoms with Crippen molar-refractivity contribution in [3.05, 3.63) is 53.6 Å². The summed E-state index contributed by atoms with van der Waals surface area (Å²) in [5.74, 6) is -0.157. The van der Waals surface area contributed by atoms with Crippen LogP contribution in [-0.2, 0) is 0 Å². The van der Waals surface area contributed by atoms with Crippen LogP contribution in [0.5, 0.6) is 0 Å². The van der Waals surface area contributed by atoms with Crippen LogP contribution in [0.1, 0.15) is 15.9 Å². The predicted octanol–water partition coefficient (Wildman–Crippen LogP) is 2.52.